The number of benzene rings is 1. The van der Waals surface area contributed by atoms with E-state index in [0.29, 0.717) is 31.1 Å². The van der Waals surface area contributed by atoms with Crippen molar-refractivity contribution >= 4 is 17.5 Å². The van der Waals surface area contributed by atoms with E-state index in [4.69, 9.17) is 9.47 Å². The van der Waals surface area contributed by atoms with Crippen LogP contribution >= 0.6 is 0 Å². The summed E-state index contributed by atoms with van der Waals surface area (Å²) in [4.78, 5) is 26.7. The Hall–Kier alpha value is -2.42. The van der Waals surface area contributed by atoms with Gasteiger partial charge in [-0.15, -0.1) is 0 Å². The van der Waals surface area contributed by atoms with E-state index >= 15 is 0 Å². The van der Waals surface area contributed by atoms with Crippen molar-refractivity contribution in [1.82, 2.24) is 4.90 Å². The molecule has 6 rings (SSSR count). The van der Waals surface area contributed by atoms with Gasteiger partial charge >= 0.3 is 6.09 Å². The van der Waals surface area contributed by atoms with Crippen LogP contribution in [0.1, 0.15) is 38.5 Å². The van der Waals surface area contributed by atoms with E-state index in [2.05, 4.69) is 0 Å². The molecule has 29 heavy (non-hydrogen) atoms. The SMILES string of the molecule is O=C(OC1CCCN(c2ccc([N+](=O)[O-])cc2F)C1)N1C2CC3CC(C2)OC1C3. The van der Waals surface area contributed by atoms with Crippen LogP contribution < -0.4 is 4.90 Å². The molecular weight excluding hydrogens is 381 g/mol. The van der Waals surface area contributed by atoms with Crippen molar-refractivity contribution in [3.63, 3.8) is 0 Å². The van der Waals surface area contributed by atoms with Crippen LogP contribution in [0.15, 0.2) is 18.2 Å². The zero-order chi connectivity index (χ0) is 20.1. The molecule has 4 saturated heterocycles. The van der Waals surface area contributed by atoms with Crippen molar-refractivity contribution in [2.45, 2.75) is 63.0 Å². The van der Waals surface area contributed by atoms with Gasteiger partial charge in [-0.2, -0.15) is 0 Å². The largest absolute Gasteiger partial charge is 0.444 e. The lowest BCUT2D eigenvalue weighted by atomic mass is 9.75. The normalized spacial score (nSPS) is 33.1. The van der Waals surface area contributed by atoms with Gasteiger partial charge in [0.25, 0.3) is 5.69 Å². The summed E-state index contributed by atoms with van der Waals surface area (Å²) in [7, 11) is 0. The fourth-order valence-corrected chi connectivity index (χ4v) is 5.45. The molecule has 156 valence electrons. The first-order valence-electron chi connectivity index (χ1n) is 10.3. The van der Waals surface area contributed by atoms with Crippen molar-refractivity contribution in [2.75, 3.05) is 18.0 Å². The number of nitro benzene ring substituents is 1. The maximum Gasteiger partial charge on any atom is 0.412 e. The molecule has 0 N–H and O–H groups in total. The summed E-state index contributed by atoms with van der Waals surface area (Å²) >= 11 is 0. The molecule has 0 spiro atoms. The quantitative estimate of drug-likeness (QED) is 0.566. The monoisotopic (exact) mass is 405 g/mol. The lowest BCUT2D eigenvalue weighted by Gasteiger charge is -2.55. The predicted molar refractivity (Wildman–Crippen MR) is 101 cm³/mol. The number of nitrogens with zero attached hydrogens (tertiary/aromatic N) is 3. The van der Waals surface area contributed by atoms with Gasteiger partial charge < -0.3 is 14.4 Å². The zero-order valence-corrected chi connectivity index (χ0v) is 16.0. The molecule has 0 aromatic heterocycles. The molecule has 1 amide bonds. The Kier molecular flexibility index (Phi) is 4.57. The number of anilines is 1. The van der Waals surface area contributed by atoms with Crippen LogP contribution in [-0.2, 0) is 9.47 Å². The van der Waals surface area contributed by atoms with E-state index in [-0.39, 0.29) is 36.3 Å². The maximum atomic E-state index is 14.4. The number of hydrogen-bond acceptors (Lipinski definition) is 6. The number of nitro groups is 1. The molecule has 1 aromatic rings. The summed E-state index contributed by atoms with van der Waals surface area (Å²) in [6, 6.07) is 3.85. The Morgan fingerprint density at radius 2 is 2.14 bits per heavy atom. The van der Waals surface area contributed by atoms with Crippen LogP contribution in [0.4, 0.5) is 20.6 Å². The Morgan fingerprint density at radius 3 is 2.86 bits per heavy atom. The molecule has 5 unspecified atom stereocenters. The summed E-state index contributed by atoms with van der Waals surface area (Å²) in [5.74, 6) is 0.0150. The van der Waals surface area contributed by atoms with E-state index in [1.54, 1.807) is 9.80 Å². The van der Waals surface area contributed by atoms with Gasteiger partial charge in [-0.3, -0.25) is 15.0 Å². The van der Waals surface area contributed by atoms with E-state index in [1.807, 2.05) is 0 Å². The molecule has 0 radical (unpaired) electrons. The molecule has 4 heterocycles. The lowest BCUT2D eigenvalue weighted by molar-refractivity contribution is -0.385. The van der Waals surface area contributed by atoms with Crippen molar-refractivity contribution in [3.05, 3.63) is 34.1 Å². The third kappa shape index (κ3) is 3.41. The number of carbonyl (C=O) groups is 1. The Morgan fingerprint density at radius 1 is 1.28 bits per heavy atom. The summed E-state index contributed by atoms with van der Waals surface area (Å²) in [5, 5.41) is 10.8. The highest BCUT2D eigenvalue weighted by atomic mass is 19.1. The average molecular weight is 405 g/mol. The van der Waals surface area contributed by atoms with E-state index in [9.17, 15) is 19.3 Å². The van der Waals surface area contributed by atoms with Crippen molar-refractivity contribution in [3.8, 4) is 0 Å². The molecule has 5 atom stereocenters. The fourth-order valence-electron chi connectivity index (χ4n) is 5.45. The van der Waals surface area contributed by atoms with Crippen molar-refractivity contribution in [2.24, 2.45) is 5.92 Å². The second kappa shape index (κ2) is 7.12. The van der Waals surface area contributed by atoms with Crippen LogP contribution in [0.2, 0.25) is 0 Å². The number of amides is 1. The molecule has 5 fully saturated rings. The average Bonchev–Trinajstić information content (AvgIpc) is 2.67. The van der Waals surface area contributed by atoms with Gasteiger partial charge in [0.2, 0.25) is 0 Å². The molecule has 1 aliphatic carbocycles. The zero-order valence-electron chi connectivity index (χ0n) is 16.0. The minimum atomic E-state index is -0.635. The maximum absolute atomic E-state index is 14.4. The van der Waals surface area contributed by atoms with Gasteiger partial charge in [0.15, 0.2) is 5.82 Å². The minimum absolute atomic E-state index is 0.175. The first-order chi connectivity index (χ1) is 14.0. The summed E-state index contributed by atoms with van der Waals surface area (Å²) in [6.45, 7) is 0.986. The first kappa shape index (κ1) is 18.6. The third-order valence-electron chi connectivity index (χ3n) is 6.66. The summed E-state index contributed by atoms with van der Waals surface area (Å²) in [6.07, 6.45) is 4.78. The Bertz CT molecular complexity index is 806. The van der Waals surface area contributed by atoms with Crippen molar-refractivity contribution in [1.29, 1.82) is 0 Å². The second-order valence-corrected chi connectivity index (χ2v) is 8.57. The lowest BCUT2D eigenvalue weighted by Crippen LogP contribution is -2.63. The van der Waals surface area contributed by atoms with Gasteiger partial charge in [0.1, 0.15) is 12.3 Å². The molecule has 4 aliphatic heterocycles. The van der Waals surface area contributed by atoms with Crippen LogP contribution in [0.25, 0.3) is 0 Å². The highest BCUT2D eigenvalue weighted by Crippen LogP contribution is 2.45. The van der Waals surface area contributed by atoms with Crippen LogP contribution in [0.3, 0.4) is 0 Å². The van der Waals surface area contributed by atoms with Gasteiger partial charge in [-0.1, -0.05) is 0 Å². The summed E-state index contributed by atoms with van der Waals surface area (Å²) in [5.41, 5.74) is 0.0236. The number of ether oxygens (including phenoxy) is 2. The molecule has 1 saturated carbocycles. The number of carbonyl (C=O) groups excluding carboxylic acids is 1. The highest BCUT2D eigenvalue weighted by Gasteiger charge is 2.50. The standard InChI is InChI=1S/C20H24FN3O5/c21-17-10-13(24(26)27)3-4-18(17)22-5-1-2-15(11-22)29-20(25)23-14-6-12-7-16(9-14)28-19(23)8-12/h3-4,10,12,14-16,19H,1-2,5-9,11H2. The molecule has 1 aromatic carbocycles. The highest BCUT2D eigenvalue weighted by molar-refractivity contribution is 5.69. The number of halogens is 1. The fraction of sp³-hybridized carbons (Fsp3) is 0.650. The van der Waals surface area contributed by atoms with E-state index in [0.717, 1.165) is 38.2 Å². The van der Waals surface area contributed by atoms with Crippen LogP contribution in [0.5, 0.6) is 0 Å². The molecule has 9 heteroatoms. The Labute approximate surface area is 167 Å². The van der Waals surface area contributed by atoms with Gasteiger partial charge in [-0.25, -0.2) is 9.18 Å². The first-order valence-corrected chi connectivity index (χ1v) is 10.3. The second-order valence-electron chi connectivity index (χ2n) is 8.57. The number of piperidine rings is 2. The molecule has 4 bridgehead atoms. The number of rotatable bonds is 3. The van der Waals surface area contributed by atoms with E-state index < -0.39 is 10.7 Å². The Balaban J connectivity index is 1.25. The topological polar surface area (TPSA) is 85.1 Å². The van der Waals surface area contributed by atoms with Crippen LogP contribution in [-0.4, -0.2) is 53.5 Å². The van der Waals surface area contributed by atoms with Gasteiger partial charge in [0.05, 0.1) is 29.3 Å². The molecule has 8 nitrogen and oxygen atoms in total. The van der Waals surface area contributed by atoms with Gasteiger partial charge in [0, 0.05) is 18.7 Å². The molecular formula is C20H24FN3O5. The minimum Gasteiger partial charge on any atom is -0.444 e. The van der Waals surface area contributed by atoms with E-state index in [1.165, 1.54) is 12.1 Å². The van der Waals surface area contributed by atoms with Crippen molar-refractivity contribution < 1.29 is 23.6 Å². The third-order valence-corrected chi connectivity index (χ3v) is 6.66. The number of non-ortho nitro benzene ring substituents is 1. The predicted octanol–water partition coefficient (Wildman–Crippen LogP) is 3.44. The van der Waals surface area contributed by atoms with Gasteiger partial charge in [-0.05, 0) is 50.5 Å². The van der Waals surface area contributed by atoms with Crippen LogP contribution in [0, 0.1) is 21.8 Å². The smallest absolute Gasteiger partial charge is 0.412 e. The number of hydrogen-bond donors (Lipinski definition) is 0. The summed E-state index contributed by atoms with van der Waals surface area (Å²) < 4.78 is 26.2. The molecule has 5 aliphatic rings.